The standard InChI is InChI=1S/C26H25N3O3/c1-16-28-23(15-32-16)19-9-7-17(8-10-19)12-18-13-20-4-3-11-27-25(20)21(14-18)26(31)29-22-5-2-6-24(22)30/h3-4,7-11,13-15,22,24,30H,2,5-6,12H2,1H3,(H,29,31)/t22-,24-/m0/s1. The van der Waals surface area contributed by atoms with Gasteiger partial charge in [-0.2, -0.15) is 0 Å². The molecule has 1 aliphatic carbocycles. The second-order valence-electron chi connectivity index (χ2n) is 8.42. The lowest BCUT2D eigenvalue weighted by Gasteiger charge is -2.17. The fraction of sp³-hybridized carbons (Fsp3) is 0.269. The summed E-state index contributed by atoms with van der Waals surface area (Å²) in [4.78, 5) is 21.9. The lowest BCUT2D eigenvalue weighted by atomic mass is 9.98. The number of amides is 1. The Morgan fingerprint density at radius 2 is 2.00 bits per heavy atom. The molecule has 1 amide bonds. The van der Waals surface area contributed by atoms with Crippen LogP contribution in [0, 0.1) is 6.92 Å². The van der Waals surface area contributed by atoms with Crippen molar-refractivity contribution in [2.75, 3.05) is 0 Å². The summed E-state index contributed by atoms with van der Waals surface area (Å²) in [6.45, 7) is 1.83. The van der Waals surface area contributed by atoms with Crippen molar-refractivity contribution >= 4 is 16.8 Å². The zero-order valence-corrected chi connectivity index (χ0v) is 17.9. The van der Waals surface area contributed by atoms with Crippen LogP contribution in [0.4, 0.5) is 0 Å². The Morgan fingerprint density at radius 3 is 2.72 bits per heavy atom. The minimum atomic E-state index is -0.478. The number of pyridine rings is 1. The van der Waals surface area contributed by atoms with Gasteiger partial charge in [-0.1, -0.05) is 30.3 Å². The third-order valence-electron chi connectivity index (χ3n) is 6.08. The van der Waals surface area contributed by atoms with E-state index in [4.69, 9.17) is 4.42 Å². The SMILES string of the molecule is Cc1nc(-c2ccc(Cc3cc(C(=O)N[C@H]4CCC[C@@H]4O)c4ncccc4c3)cc2)co1. The molecule has 0 radical (unpaired) electrons. The Balaban J connectivity index is 1.42. The number of hydrogen-bond acceptors (Lipinski definition) is 5. The van der Waals surface area contributed by atoms with E-state index >= 15 is 0 Å². The van der Waals surface area contributed by atoms with E-state index < -0.39 is 6.10 Å². The Morgan fingerprint density at radius 1 is 1.16 bits per heavy atom. The van der Waals surface area contributed by atoms with Gasteiger partial charge in [0.1, 0.15) is 12.0 Å². The van der Waals surface area contributed by atoms with E-state index in [-0.39, 0.29) is 11.9 Å². The van der Waals surface area contributed by atoms with Gasteiger partial charge in [-0.3, -0.25) is 9.78 Å². The highest BCUT2D eigenvalue weighted by Gasteiger charge is 2.27. The van der Waals surface area contributed by atoms with Crippen LogP contribution in [0.25, 0.3) is 22.2 Å². The lowest BCUT2D eigenvalue weighted by molar-refractivity contribution is 0.0874. The van der Waals surface area contributed by atoms with Crippen molar-refractivity contribution < 1.29 is 14.3 Å². The number of aryl methyl sites for hydroxylation is 1. The number of nitrogens with one attached hydrogen (secondary N) is 1. The van der Waals surface area contributed by atoms with Gasteiger partial charge in [-0.15, -0.1) is 0 Å². The molecule has 2 N–H and O–H groups in total. The van der Waals surface area contributed by atoms with Crippen LogP contribution >= 0.6 is 0 Å². The first-order valence-electron chi connectivity index (χ1n) is 10.9. The van der Waals surface area contributed by atoms with Gasteiger partial charge in [0, 0.05) is 24.1 Å². The number of fused-ring (bicyclic) bond motifs is 1. The summed E-state index contributed by atoms with van der Waals surface area (Å²) in [5.41, 5.74) is 5.22. The van der Waals surface area contributed by atoms with Crippen molar-refractivity contribution in [2.24, 2.45) is 0 Å². The molecule has 5 rings (SSSR count). The molecule has 6 nitrogen and oxygen atoms in total. The second-order valence-corrected chi connectivity index (χ2v) is 8.42. The van der Waals surface area contributed by atoms with Crippen molar-refractivity contribution in [1.29, 1.82) is 0 Å². The number of carbonyl (C=O) groups is 1. The first kappa shape index (κ1) is 20.4. The highest BCUT2D eigenvalue weighted by molar-refractivity contribution is 6.06. The largest absolute Gasteiger partial charge is 0.449 e. The molecular formula is C26H25N3O3. The molecule has 2 aromatic heterocycles. The minimum absolute atomic E-state index is 0.182. The summed E-state index contributed by atoms with van der Waals surface area (Å²) >= 11 is 0. The maximum atomic E-state index is 13.1. The predicted octanol–water partition coefficient (Wildman–Crippen LogP) is 4.43. The normalized spacial score (nSPS) is 18.2. The van der Waals surface area contributed by atoms with Crippen molar-refractivity contribution in [3.05, 3.63) is 83.6 Å². The summed E-state index contributed by atoms with van der Waals surface area (Å²) in [7, 11) is 0. The number of benzene rings is 2. The highest BCUT2D eigenvalue weighted by Crippen LogP contribution is 2.25. The molecule has 0 aliphatic heterocycles. The summed E-state index contributed by atoms with van der Waals surface area (Å²) in [6, 6.07) is 15.9. The minimum Gasteiger partial charge on any atom is -0.449 e. The molecule has 2 aromatic carbocycles. The fourth-order valence-electron chi connectivity index (χ4n) is 4.41. The van der Waals surface area contributed by atoms with Crippen molar-refractivity contribution in [3.63, 3.8) is 0 Å². The maximum absolute atomic E-state index is 13.1. The van der Waals surface area contributed by atoms with E-state index in [1.807, 2.05) is 37.3 Å². The van der Waals surface area contributed by atoms with Gasteiger partial charge in [0.25, 0.3) is 5.91 Å². The van der Waals surface area contributed by atoms with E-state index in [2.05, 4.69) is 33.5 Å². The molecular weight excluding hydrogens is 402 g/mol. The quantitative estimate of drug-likeness (QED) is 0.492. The molecule has 0 unspecified atom stereocenters. The molecule has 162 valence electrons. The number of aliphatic hydroxyl groups excluding tert-OH is 1. The van der Waals surface area contributed by atoms with Gasteiger partial charge in [0.05, 0.1) is 23.2 Å². The van der Waals surface area contributed by atoms with Crippen LogP contribution in [0.15, 0.2) is 65.4 Å². The number of nitrogens with zero attached hydrogens (tertiary/aromatic N) is 2. The van der Waals surface area contributed by atoms with Crippen molar-refractivity contribution in [1.82, 2.24) is 15.3 Å². The second kappa shape index (κ2) is 8.55. The zero-order valence-electron chi connectivity index (χ0n) is 17.9. The van der Waals surface area contributed by atoms with Crippen LogP contribution in [-0.4, -0.2) is 33.1 Å². The van der Waals surface area contributed by atoms with E-state index in [0.717, 1.165) is 47.0 Å². The number of aliphatic hydroxyl groups is 1. The summed E-state index contributed by atoms with van der Waals surface area (Å²) < 4.78 is 5.30. The third-order valence-corrected chi connectivity index (χ3v) is 6.08. The Hall–Kier alpha value is -3.51. The number of hydrogen-bond donors (Lipinski definition) is 2. The summed E-state index contributed by atoms with van der Waals surface area (Å²) in [6.07, 6.45) is 6.03. The molecule has 0 saturated heterocycles. The summed E-state index contributed by atoms with van der Waals surface area (Å²) in [5, 5.41) is 14.1. The molecule has 0 bridgehead atoms. The van der Waals surface area contributed by atoms with Gasteiger partial charge < -0.3 is 14.8 Å². The first-order valence-corrected chi connectivity index (χ1v) is 10.9. The zero-order chi connectivity index (χ0) is 22.1. The Bertz CT molecular complexity index is 1260. The number of rotatable bonds is 5. The fourth-order valence-corrected chi connectivity index (χ4v) is 4.41. The van der Waals surface area contributed by atoms with Crippen LogP contribution in [0.5, 0.6) is 0 Å². The third kappa shape index (κ3) is 4.14. The van der Waals surface area contributed by atoms with Crippen LogP contribution in [-0.2, 0) is 6.42 Å². The predicted molar refractivity (Wildman–Crippen MR) is 122 cm³/mol. The van der Waals surface area contributed by atoms with Gasteiger partial charge in [-0.25, -0.2) is 4.98 Å². The van der Waals surface area contributed by atoms with E-state index in [1.165, 1.54) is 0 Å². The van der Waals surface area contributed by atoms with Crippen LogP contribution in [0.2, 0.25) is 0 Å². The van der Waals surface area contributed by atoms with Crippen LogP contribution < -0.4 is 5.32 Å². The molecule has 4 aromatic rings. The molecule has 2 heterocycles. The van der Waals surface area contributed by atoms with Crippen molar-refractivity contribution in [3.8, 4) is 11.3 Å². The average molecular weight is 428 g/mol. The van der Waals surface area contributed by atoms with Gasteiger partial charge in [0.2, 0.25) is 0 Å². The van der Waals surface area contributed by atoms with E-state index in [0.29, 0.717) is 23.4 Å². The number of oxazole rings is 1. The van der Waals surface area contributed by atoms with Crippen molar-refractivity contribution in [2.45, 2.75) is 44.8 Å². The average Bonchev–Trinajstić information content (AvgIpc) is 3.41. The highest BCUT2D eigenvalue weighted by atomic mass is 16.3. The Labute approximate surface area is 186 Å². The molecule has 1 fully saturated rings. The molecule has 6 heteroatoms. The van der Waals surface area contributed by atoms with Crippen LogP contribution in [0.1, 0.15) is 46.6 Å². The molecule has 2 atom stereocenters. The molecule has 0 spiro atoms. The summed E-state index contributed by atoms with van der Waals surface area (Å²) in [5.74, 6) is 0.461. The first-order chi connectivity index (χ1) is 15.6. The maximum Gasteiger partial charge on any atom is 0.253 e. The van der Waals surface area contributed by atoms with E-state index in [9.17, 15) is 9.90 Å². The van der Waals surface area contributed by atoms with Gasteiger partial charge >= 0.3 is 0 Å². The van der Waals surface area contributed by atoms with Crippen LogP contribution in [0.3, 0.4) is 0 Å². The smallest absolute Gasteiger partial charge is 0.253 e. The number of carbonyl (C=O) groups excluding carboxylic acids is 1. The number of aromatic nitrogens is 2. The van der Waals surface area contributed by atoms with Gasteiger partial charge in [0.15, 0.2) is 5.89 Å². The van der Waals surface area contributed by atoms with Gasteiger partial charge in [-0.05, 0) is 55.0 Å². The topological polar surface area (TPSA) is 88.2 Å². The molecule has 32 heavy (non-hydrogen) atoms. The monoisotopic (exact) mass is 427 g/mol. The molecule has 1 aliphatic rings. The lowest BCUT2D eigenvalue weighted by Crippen LogP contribution is -2.40. The Kier molecular flexibility index (Phi) is 5.45. The molecule has 1 saturated carbocycles. The van der Waals surface area contributed by atoms with E-state index in [1.54, 1.807) is 12.5 Å².